The predicted molar refractivity (Wildman–Crippen MR) is 71.3 cm³/mol. The van der Waals surface area contributed by atoms with E-state index in [0.717, 1.165) is 44.0 Å². The first kappa shape index (κ1) is 14.3. The molecule has 0 aromatic heterocycles. The molecule has 19 heavy (non-hydrogen) atoms. The van der Waals surface area contributed by atoms with Crippen LogP contribution in [0.5, 0.6) is 5.75 Å². The summed E-state index contributed by atoms with van der Waals surface area (Å²) in [4.78, 5) is 0. The summed E-state index contributed by atoms with van der Waals surface area (Å²) < 4.78 is 32.5. The van der Waals surface area contributed by atoms with Crippen molar-refractivity contribution < 1.29 is 13.5 Å². The fourth-order valence-electron chi connectivity index (χ4n) is 2.69. The predicted octanol–water partition coefficient (Wildman–Crippen LogP) is 3.51. The van der Waals surface area contributed by atoms with Crippen LogP contribution in [0.2, 0.25) is 0 Å². The molecule has 1 aromatic carbocycles. The van der Waals surface area contributed by atoms with Crippen molar-refractivity contribution in [1.29, 1.82) is 0 Å². The van der Waals surface area contributed by atoms with Crippen LogP contribution in [0.15, 0.2) is 18.2 Å². The lowest BCUT2D eigenvalue weighted by molar-refractivity contribution is 0.0874. The maximum absolute atomic E-state index is 13.6. The highest BCUT2D eigenvalue weighted by atomic mass is 19.1. The first-order valence-electron chi connectivity index (χ1n) is 6.95. The van der Waals surface area contributed by atoms with Crippen LogP contribution in [0.25, 0.3) is 0 Å². The second-order valence-electron chi connectivity index (χ2n) is 5.31. The van der Waals surface area contributed by atoms with E-state index >= 15 is 0 Å². The molecule has 0 radical (unpaired) electrons. The average molecular weight is 269 g/mol. The first-order valence-corrected chi connectivity index (χ1v) is 6.95. The van der Waals surface area contributed by atoms with Crippen LogP contribution in [0, 0.1) is 17.6 Å². The van der Waals surface area contributed by atoms with Crippen LogP contribution < -0.4 is 10.1 Å². The molecule has 0 saturated heterocycles. The molecular formula is C15H21F2NO. The zero-order chi connectivity index (χ0) is 13.8. The van der Waals surface area contributed by atoms with Crippen molar-refractivity contribution >= 4 is 0 Å². The Balaban J connectivity index is 2.11. The summed E-state index contributed by atoms with van der Waals surface area (Å²) >= 11 is 0. The normalized spacial score (nSPS) is 27.3. The van der Waals surface area contributed by atoms with Crippen LogP contribution in [0.1, 0.15) is 33.1 Å². The van der Waals surface area contributed by atoms with Crippen molar-refractivity contribution in [2.45, 2.75) is 45.3 Å². The van der Waals surface area contributed by atoms with E-state index in [2.05, 4.69) is 12.2 Å². The minimum Gasteiger partial charge on any atom is -0.486 e. The third-order valence-electron chi connectivity index (χ3n) is 3.69. The van der Waals surface area contributed by atoms with Crippen molar-refractivity contribution in [2.24, 2.45) is 5.92 Å². The van der Waals surface area contributed by atoms with Gasteiger partial charge in [0.2, 0.25) is 0 Å². The molecule has 3 atom stereocenters. The minimum absolute atomic E-state index is 0.0157. The number of rotatable bonds is 4. The van der Waals surface area contributed by atoms with Gasteiger partial charge in [-0.1, -0.05) is 13.8 Å². The second kappa shape index (κ2) is 6.33. The molecule has 0 heterocycles. The van der Waals surface area contributed by atoms with Crippen LogP contribution in [0.3, 0.4) is 0 Å². The summed E-state index contributed by atoms with van der Waals surface area (Å²) in [7, 11) is 0. The Kier molecular flexibility index (Phi) is 4.75. The number of benzene rings is 1. The summed E-state index contributed by atoms with van der Waals surface area (Å²) in [6.45, 7) is 5.06. The second-order valence-corrected chi connectivity index (χ2v) is 5.31. The zero-order valence-electron chi connectivity index (χ0n) is 11.5. The van der Waals surface area contributed by atoms with Gasteiger partial charge in [0.15, 0.2) is 11.6 Å². The highest BCUT2D eigenvalue weighted by Crippen LogP contribution is 2.29. The van der Waals surface area contributed by atoms with Gasteiger partial charge in [-0.2, -0.15) is 0 Å². The Morgan fingerprint density at radius 3 is 2.84 bits per heavy atom. The number of hydrogen-bond donors (Lipinski definition) is 1. The monoisotopic (exact) mass is 269 g/mol. The SMILES string of the molecule is CCNC1CCC(C)CC1Oc1cc(F)ccc1F. The first-order chi connectivity index (χ1) is 9.10. The average Bonchev–Trinajstić information content (AvgIpc) is 2.37. The molecule has 106 valence electrons. The van der Waals surface area contributed by atoms with E-state index in [4.69, 9.17) is 4.74 Å². The van der Waals surface area contributed by atoms with Crippen LogP contribution >= 0.6 is 0 Å². The fourth-order valence-corrected chi connectivity index (χ4v) is 2.69. The molecule has 1 fully saturated rings. The fraction of sp³-hybridized carbons (Fsp3) is 0.600. The molecule has 0 spiro atoms. The number of halogens is 2. The van der Waals surface area contributed by atoms with E-state index in [0.29, 0.717) is 5.92 Å². The Hall–Kier alpha value is -1.16. The highest BCUT2D eigenvalue weighted by Gasteiger charge is 2.30. The largest absolute Gasteiger partial charge is 0.486 e. The molecule has 1 aliphatic rings. The van der Waals surface area contributed by atoms with E-state index in [9.17, 15) is 8.78 Å². The van der Waals surface area contributed by atoms with Crippen LogP contribution in [-0.4, -0.2) is 18.7 Å². The van der Waals surface area contributed by atoms with Gasteiger partial charge in [-0.25, -0.2) is 8.78 Å². The lowest BCUT2D eigenvalue weighted by Gasteiger charge is -2.35. The molecule has 1 aromatic rings. The summed E-state index contributed by atoms with van der Waals surface area (Å²) in [5.41, 5.74) is 0. The van der Waals surface area contributed by atoms with Gasteiger partial charge in [0.05, 0.1) is 0 Å². The highest BCUT2D eigenvalue weighted by molar-refractivity contribution is 5.25. The molecule has 2 rings (SSSR count). The van der Waals surface area contributed by atoms with Crippen LogP contribution in [0.4, 0.5) is 8.78 Å². The molecule has 1 saturated carbocycles. The van der Waals surface area contributed by atoms with Crippen molar-refractivity contribution in [3.63, 3.8) is 0 Å². The summed E-state index contributed by atoms with van der Waals surface area (Å²) in [6, 6.07) is 3.55. The molecule has 0 aliphatic heterocycles. The summed E-state index contributed by atoms with van der Waals surface area (Å²) in [5.74, 6) is -0.409. The number of likely N-dealkylation sites (N-methyl/N-ethyl adjacent to an activating group) is 1. The molecule has 0 amide bonds. The van der Waals surface area contributed by atoms with Crippen molar-refractivity contribution in [3.8, 4) is 5.75 Å². The Labute approximate surface area is 113 Å². The van der Waals surface area contributed by atoms with Gasteiger partial charge in [-0.3, -0.25) is 0 Å². The number of nitrogens with one attached hydrogen (secondary N) is 1. The van der Waals surface area contributed by atoms with E-state index in [1.54, 1.807) is 0 Å². The number of ether oxygens (including phenoxy) is 1. The Morgan fingerprint density at radius 1 is 1.32 bits per heavy atom. The van der Waals surface area contributed by atoms with Gasteiger partial charge in [-0.05, 0) is 43.9 Å². The van der Waals surface area contributed by atoms with E-state index in [1.165, 1.54) is 0 Å². The maximum atomic E-state index is 13.6. The van der Waals surface area contributed by atoms with Gasteiger partial charge in [0.25, 0.3) is 0 Å². The summed E-state index contributed by atoms with van der Waals surface area (Å²) in [5, 5.41) is 3.37. The third-order valence-corrected chi connectivity index (χ3v) is 3.69. The Bertz CT molecular complexity index is 425. The third kappa shape index (κ3) is 3.66. The van der Waals surface area contributed by atoms with Gasteiger partial charge in [-0.15, -0.1) is 0 Å². The molecule has 2 nitrogen and oxygen atoms in total. The maximum Gasteiger partial charge on any atom is 0.165 e. The molecule has 1 aliphatic carbocycles. The lowest BCUT2D eigenvalue weighted by atomic mass is 9.85. The molecule has 1 N–H and O–H groups in total. The molecule has 4 heteroatoms. The van der Waals surface area contributed by atoms with Gasteiger partial charge in [0.1, 0.15) is 11.9 Å². The van der Waals surface area contributed by atoms with Crippen LogP contribution in [-0.2, 0) is 0 Å². The summed E-state index contributed by atoms with van der Waals surface area (Å²) in [6.07, 6.45) is 2.92. The molecular weight excluding hydrogens is 248 g/mol. The quantitative estimate of drug-likeness (QED) is 0.903. The Morgan fingerprint density at radius 2 is 2.11 bits per heavy atom. The zero-order valence-corrected chi connectivity index (χ0v) is 11.5. The van der Waals surface area contributed by atoms with Crippen molar-refractivity contribution in [3.05, 3.63) is 29.8 Å². The van der Waals surface area contributed by atoms with Gasteiger partial charge >= 0.3 is 0 Å². The van der Waals surface area contributed by atoms with E-state index in [-0.39, 0.29) is 17.9 Å². The van der Waals surface area contributed by atoms with Gasteiger partial charge < -0.3 is 10.1 Å². The van der Waals surface area contributed by atoms with Crippen molar-refractivity contribution in [2.75, 3.05) is 6.54 Å². The number of hydrogen-bond acceptors (Lipinski definition) is 2. The smallest absolute Gasteiger partial charge is 0.165 e. The standard InChI is InChI=1S/C15H21F2NO/c1-3-18-13-7-4-10(2)8-15(13)19-14-9-11(16)5-6-12(14)17/h5-6,9-10,13,15,18H,3-4,7-8H2,1-2H3. The van der Waals surface area contributed by atoms with Gasteiger partial charge in [0, 0.05) is 12.1 Å². The van der Waals surface area contributed by atoms with Crippen molar-refractivity contribution in [1.82, 2.24) is 5.32 Å². The topological polar surface area (TPSA) is 21.3 Å². The van der Waals surface area contributed by atoms with E-state index < -0.39 is 11.6 Å². The lowest BCUT2D eigenvalue weighted by Crippen LogP contribution is -2.46. The van der Waals surface area contributed by atoms with E-state index in [1.807, 2.05) is 6.92 Å². The minimum atomic E-state index is -0.505. The molecule has 3 unspecified atom stereocenters. The molecule has 0 bridgehead atoms.